The van der Waals surface area contributed by atoms with Crippen LogP contribution in [0.4, 0.5) is 5.95 Å². The summed E-state index contributed by atoms with van der Waals surface area (Å²) in [6.07, 6.45) is 3.46. The van der Waals surface area contributed by atoms with Gasteiger partial charge in [0.15, 0.2) is 5.96 Å². The predicted molar refractivity (Wildman–Crippen MR) is 87.0 cm³/mol. The zero-order valence-corrected chi connectivity index (χ0v) is 12.3. The van der Waals surface area contributed by atoms with Crippen molar-refractivity contribution in [2.45, 2.75) is 19.3 Å². The number of likely N-dealkylation sites (tertiary alicyclic amines) is 1. The molecule has 114 valence electrons. The molecule has 1 aliphatic heterocycles. The molecule has 2 heterocycles. The van der Waals surface area contributed by atoms with Crippen molar-refractivity contribution < 1.29 is 0 Å². The fourth-order valence-corrected chi connectivity index (χ4v) is 2.56. The Morgan fingerprint density at radius 3 is 2.64 bits per heavy atom. The number of hydrogen-bond donors (Lipinski definition) is 2. The number of guanidine groups is 1. The molecule has 0 atom stereocenters. The first kappa shape index (κ1) is 14.3. The number of nitrogens with one attached hydrogen (secondary N) is 1. The highest BCUT2D eigenvalue weighted by Crippen LogP contribution is 2.16. The molecule has 0 radical (unpaired) electrons. The molecule has 22 heavy (non-hydrogen) atoms. The molecule has 3 N–H and O–H groups in total. The summed E-state index contributed by atoms with van der Waals surface area (Å²) < 4.78 is 0. The van der Waals surface area contributed by atoms with Crippen LogP contribution < -0.4 is 11.3 Å². The van der Waals surface area contributed by atoms with Crippen LogP contribution in [0.15, 0.2) is 46.2 Å². The van der Waals surface area contributed by atoms with E-state index in [0.29, 0.717) is 11.7 Å². The summed E-state index contributed by atoms with van der Waals surface area (Å²) in [6, 6.07) is 11.0. The van der Waals surface area contributed by atoms with E-state index in [0.717, 1.165) is 31.5 Å². The molecule has 3 rings (SSSR count). The second-order valence-corrected chi connectivity index (χ2v) is 5.34. The van der Waals surface area contributed by atoms with Gasteiger partial charge in [-0.3, -0.25) is 9.78 Å². The number of hydrogen-bond acceptors (Lipinski definition) is 3. The van der Waals surface area contributed by atoms with Gasteiger partial charge in [0.1, 0.15) is 0 Å². The second-order valence-electron chi connectivity index (χ2n) is 5.34. The van der Waals surface area contributed by atoms with Crippen LogP contribution >= 0.6 is 0 Å². The minimum absolute atomic E-state index is 0.237. The van der Waals surface area contributed by atoms with Crippen LogP contribution in [0.5, 0.6) is 0 Å². The van der Waals surface area contributed by atoms with Gasteiger partial charge < -0.3 is 10.6 Å². The third-order valence-corrected chi connectivity index (χ3v) is 3.70. The van der Waals surface area contributed by atoms with Crippen LogP contribution in [-0.4, -0.2) is 33.9 Å². The first-order valence-electron chi connectivity index (χ1n) is 7.48. The lowest BCUT2D eigenvalue weighted by Crippen LogP contribution is -2.40. The quantitative estimate of drug-likeness (QED) is 0.654. The summed E-state index contributed by atoms with van der Waals surface area (Å²) in [5.74, 6) is 0.655. The molecule has 1 fully saturated rings. The van der Waals surface area contributed by atoms with Gasteiger partial charge in [0.25, 0.3) is 5.56 Å². The van der Waals surface area contributed by atoms with E-state index in [4.69, 9.17) is 5.73 Å². The van der Waals surface area contributed by atoms with Crippen molar-refractivity contribution in [1.29, 1.82) is 0 Å². The number of rotatable bonds is 2. The van der Waals surface area contributed by atoms with E-state index >= 15 is 0 Å². The molecule has 1 saturated heterocycles. The van der Waals surface area contributed by atoms with Crippen molar-refractivity contribution in [2.24, 2.45) is 10.7 Å². The molecule has 2 aromatic rings. The number of nitrogens with zero attached hydrogens (tertiary/aromatic N) is 3. The topological polar surface area (TPSA) is 87.4 Å². The smallest absolute Gasteiger partial charge is 0.252 e. The highest BCUT2D eigenvalue weighted by molar-refractivity contribution is 5.80. The highest BCUT2D eigenvalue weighted by Gasteiger charge is 2.12. The molecule has 0 bridgehead atoms. The number of H-pyrrole nitrogens is 1. The standard InChI is InChI=1S/C16H19N5O/c17-15(21-9-5-2-6-10-21)20-16-18-13(11-14(22)19-16)12-7-3-1-4-8-12/h1,3-4,7-8,11H,2,5-6,9-10H2,(H3,17,18,19,20,22). The van der Waals surface area contributed by atoms with E-state index in [2.05, 4.69) is 15.0 Å². The number of aromatic amines is 1. The van der Waals surface area contributed by atoms with Crippen LogP contribution in [0.25, 0.3) is 11.3 Å². The molecular weight excluding hydrogens is 278 g/mol. The van der Waals surface area contributed by atoms with Gasteiger partial charge in [0, 0.05) is 24.7 Å². The Kier molecular flexibility index (Phi) is 4.18. The molecule has 6 nitrogen and oxygen atoms in total. The Balaban J connectivity index is 1.91. The lowest BCUT2D eigenvalue weighted by molar-refractivity contribution is 0.339. The van der Waals surface area contributed by atoms with Crippen molar-refractivity contribution in [1.82, 2.24) is 14.9 Å². The van der Waals surface area contributed by atoms with Gasteiger partial charge in [-0.15, -0.1) is 0 Å². The first-order valence-corrected chi connectivity index (χ1v) is 7.48. The van der Waals surface area contributed by atoms with Crippen molar-refractivity contribution in [2.75, 3.05) is 13.1 Å². The van der Waals surface area contributed by atoms with Gasteiger partial charge >= 0.3 is 0 Å². The number of aromatic nitrogens is 2. The summed E-state index contributed by atoms with van der Waals surface area (Å²) in [6.45, 7) is 1.80. The minimum Gasteiger partial charge on any atom is -0.369 e. The normalized spacial score (nSPS) is 15.8. The van der Waals surface area contributed by atoms with Crippen molar-refractivity contribution in [3.8, 4) is 11.3 Å². The Morgan fingerprint density at radius 2 is 1.91 bits per heavy atom. The Morgan fingerprint density at radius 1 is 1.18 bits per heavy atom. The second kappa shape index (κ2) is 6.43. The summed E-state index contributed by atoms with van der Waals surface area (Å²) in [5, 5.41) is 0. The Labute approximate surface area is 128 Å². The molecule has 1 aromatic carbocycles. The third kappa shape index (κ3) is 3.33. The van der Waals surface area contributed by atoms with Gasteiger partial charge in [-0.2, -0.15) is 4.99 Å². The maximum atomic E-state index is 11.8. The lowest BCUT2D eigenvalue weighted by Gasteiger charge is -2.27. The molecule has 0 aliphatic carbocycles. The van der Waals surface area contributed by atoms with Crippen molar-refractivity contribution in [3.63, 3.8) is 0 Å². The van der Waals surface area contributed by atoms with E-state index in [-0.39, 0.29) is 11.5 Å². The number of aliphatic imine (C=N–C) groups is 1. The molecule has 1 aliphatic rings. The molecule has 0 unspecified atom stereocenters. The number of nitrogens with two attached hydrogens (primary N) is 1. The predicted octanol–water partition coefficient (Wildman–Crippen LogP) is 1.87. The van der Waals surface area contributed by atoms with E-state index in [1.807, 2.05) is 35.2 Å². The zero-order chi connectivity index (χ0) is 15.4. The van der Waals surface area contributed by atoms with Crippen molar-refractivity contribution >= 4 is 11.9 Å². The average molecular weight is 297 g/mol. The molecule has 6 heteroatoms. The summed E-state index contributed by atoms with van der Waals surface area (Å²) >= 11 is 0. The molecule has 0 amide bonds. The van der Waals surface area contributed by atoms with Crippen LogP contribution in [0.1, 0.15) is 19.3 Å². The minimum atomic E-state index is -0.237. The zero-order valence-electron chi connectivity index (χ0n) is 12.3. The van der Waals surface area contributed by atoms with Gasteiger partial charge in [0.05, 0.1) is 5.69 Å². The lowest BCUT2D eigenvalue weighted by atomic mass is 10.1. The maximum Gasteiger partial charge on any atom is 0.252 e. The SMILES string of the molecule is NC(=Nc1nc(-c2ccccc2)cc(=O)[nH]1)N1CCCCC1. The van der Waals surface area contributed by atoms with Gasteiger partial charge in [-0.05, 0) is 19.3 Å². The third-order valence-electron chi connectivity index (χ3n) is 3.70. The van der Waals surface area contributed by atoms with E-state index in [1.54, 1.807) is 0 Å². The largest absolute Gasteiger partial charge is 0.369 e. The van der Waals surface area contributed by atoms with Crippen molar-refractivity contribution in [3.05, 3.63) is 46.8 Å². The van der Waals surface area contributed by atoms with Crippen LogP contribution in [0.3, 0.4) is 0 Å². The molecule has 0 saturated carbocycles. The van der Waals surface area contributed by atoms with Gasteiger partial charge in [0.2, 0.25) is 5.95 Å². The van der Waals surface area contributed by atoms with E-state index in [1.165, 1.54) is 12.5 Å². The Hall–Kier alpha value is -2.63. The van der Waals surface area contributed by atoms with Crippen LogP contribution in [0, 0.1) is 0 Å². The highest BCUT2D eigenvalue weighted by atomic mass is 16.1. The fourth-order valence-electron chi connectivity index (χ4n) is 2.56. The van der Waals surface area contributed by atoms with E-state index < -0.39 is 0 Å². The van der Waals surface area contributed by atoms with Gasteiger partial charge in [-0.25, -0.2) is 4.98 Å². The number of piperidine rings is 1. The summed E-state index contributed by atoms with van der Waals surface area (Å²) in [7, 11) is 0. The first-order chi connectivity index (χ1) is 10.7. The maximum absolute atomic E-state index is 11.8. The van der Waals surface area contributed by atoms with E-state index in [9.17, 15) is 4.79 Å². The molecular formula is C16H19N5O. The molecule has 0 spiro atoms. The Bertz CT molecular complexity index is 717. The number of benzene rings is 1. The summed E-state index contributed by atoms with van der Waals surface area (Å²) in [4.78, 5) is 25.1. The summed E-state index contributed by atoms with van der Waals surface area (Å²) in [5.41, 5.74) is 7.26. The fraction of sp³-hybridized carbons (Fsp3) is 0.312. The van der Waals surface area contributed by atoms with Crippen LogP contribution in [0.2, 0.25) is 0 Å². The monoisotopic (exact) mass is 297 g/mol. The van der Waals surface area contributed by atoms with Crippen LogP contribution in [-0.2, 0) is 0 Å². The molecule has 1 aromatic heterocycles. The average Bonchev–Trinajstić information content (AvgIpc) is 2.56. The van der Waals surface area contributed by atoms with Gasteiger partial charge in [-0.1, -0.05) is 30.3 Å².